The first-order valence-corrected chi connectivity index (χ1v) is 15.5. The van der Waals surface area contributed by atoms with Gasteiger partial charge < -0.3 is 4.74 Å². The Morgan fingerprint density at radius 2 is 1.06 bits per heavy atom. The summed E-state index contributed by atoms with van der Waals surface area (Å²) >= 11 is 0. The van der Waals surface area contributed by atoms with Crippen molar-refractivity contribution in [2.24, 2.45) is 29.6 Å². The van der Waals surface area contributed by atoms with Crippen molar-refractivity contribution in [1.29, 1.82) is 0 Å². The topological polar surface area (TPSA) is 9.23 Å². The second-order valence-corrected chi connectivity index (χ2v) is 12.2. The number of ether oxygens (including phenoxy) is 1. The Morgan fingerprint density at radius 1 is 0.559 bits per heavy atom. The summed E-state index contributed by atoms with van der Waals surface area (Å²) in [5.74, 6) is 1.59. The second-order valence-electron chi connectivity index (χ2n) is 12.2. The van der Waals surface area contributed by atoms with Gasteiger partial charge in [-0.15, -0.1) is 0 Å². The summed E-state index contributed by atoms with van der Waals surface area (Å²) in [5, 5.41) is 0. The monoisotopic (exact) mass is 482 g/mol. The van der Waals surface area contributed by atoms with Gasteiger partial charge in [0.05, 0.1) is 6.10 Å². The van der Waals surface area contributed by atoms with Gasteiger partial charge in [0.25, 0.3) is 0 Å². The zero-order chi connectivity index (χ0) is 24.2. The van der Waals surface area contributed by atoms with E-state index in [2.05, 4.69) is 13.8 Å². The first-order valence-electron chi connectivity index (χ1n) is 15.5. The summed E-state index contributed by atoms with van der Waals surface area (Å²) in [6.07, 6.45) is 21.8. The first kappa shape index (κ1) is 28.4. The highest BCUT2D eigenvalue weighted by Gasteiger charge is 2.46. The van der Waals surface area contributed by atoms with Gasteiger partial charge in [0.1, 0.15) is 12.3 Å². The molecule has 0 amide bonds. The number of unbranched alkanes of at least 4 members (excludes halogenated alkanes) is 7. The van der Waals surface area contributed by atoms with Gasteiger partial charge >= 0.3 is 0 Å². The van der Waals surface area contributed by atoms with E-state index in [4.69, 9.17) is 4.74 Å². The maximum absolute atomic E-state index is 15.4. The maximum Gasteiger partial charge on any atom is 0.134 e. The summed E-state index contributed by atoms with van der Waals surface area (Å²) in [7, 11) is 0. The fourth-order valence-electron chi connectivity index (χ4n) is 7.57. The zero-order valence-corrected chi connectivity index (χ0v) is 22.6. The third-order valence-electron chi connectivity index (χ3n) is 9.84. The molecule has 4 atom stereocenters. The Kier molecular flexibility index (Phi) is 13.2. The number of alkyl halides is 2. The minimum atomic E-state index is -1.23. The number of rotatable bonds is 14. The van der Waals surface area contributed by atoms with Crippen LogP contribution in [0, 0.1) is 29.6 Å². The molecule has 0 spiro atoms. The number of halogens is 2. The smallest absolute Gasteiger partial charge is 0.134 e. The Bertz CT molecular complexity index is 510. The molecule has 0 heterocycles. The van der Waals surface area contributed by atoms with Crippen LogP contribution < -0.4 is 0 Å². The van der Waals surface area contributed by atoms with Crippen molar-refractivity contribution in [3.63, 3.8) is 0 Å². The van der Waals surface area contributed by atoms with Crippen LogP contribution >= 0.6 is 0 Å². The molecule has 0 aromatic carbocycles. The lowest BCUT2D eigenvalue weighted by atomic mass is 9.64. The van der Waals surface area contributed by atoms with Crippen LogP contribution in [0.2, 0.25) is 0 Å². The van der Waals surface area contributed by atoms with Crippen LogP contribution in [0.4, 0.5) is 8.78 Å². The molecule has 200 valence electrons. The van der Waals surface area contributed by atoms with Crippen LogP contribution in [-0.2, 0) is 4.74 Å². The Labute approximate surface area is 210 Å². The molecule has 0 saturated heterocycles. The third kappa shape index (κ3) is 8.74. The summed E-state index contributed by atoms with van der Waals surface area (Å²) < 4.78 is 36.9. The summed E-state index contributed by atoms with van der Waals surface area (Å²) in [6.45, 7) is 5.40. The molecule has 0 bridgehead atoms. The van der Waals surface area contributed by atoms with Gasteiger partial charge in [-0.2, -0.15) is 0 Å². The average molecular weight is 483 g/mol. The highest BCUT2D eigenvalue weighted by Crippen LogP contribution is 2.48. The van der Waals surface area contributed by atoms with Crippen LogP contribution in [0.25, 0.3) is 0 Å². The van der Waals surface area contributed by atoms with Gasteiger partial charge in [-0.25, -0.2) is 8.78 Å². The van der Waals surface area contributed by atoms with Crippen LogP contribution in [-0.4, -0.2) is 25.1 Å². The van der Waals surface area contributed by atoms with Crippen molar-refractivity contribution >= 4 is 0 Å². The molecule has 3 aliphatic carbocycles. The molecule has 0 aromatic rings. The van der Waals surface area contributed by atoms with Crippen molar-refractivity contribution in [2.45, 2.75) is 161 Å². The van der Waals surface area contributed by atoms with Gasteiger partial charge in [0.15, 0.2) is 0 Å². The standard InChI is InChI=1S/C31H56F2O/c1-3-5-7-8-9-11-23-34-27-19-17-26(18-20-27)29-22-21-28(30(32)31(29)33)25-15-13-24(14-16-25)12-10-6-4-2/h24-31H,3-23H2,1-2H3. The second kappa shape index (κ2) is 15.8. The van der Waals surface area contributed by atoms with Gasteiger partial charge in [-0.05, 0) is 87.4 Å². The van der Waals surface area contributed by atoms with E-state index >= 15 is 8.78 Å². The number of hydrogen-bond donors (Lipinski definition) is 0. The fraction of sp³-hybridized carbons (Fsp3) is 1.00. The predicted molar refractivity (Wildman–Crippen MR) is 141 cm³/mol. The molecular formula is C31H56F2O. The number of hydrogen-bond acceptors (Lipinski definition) is 1. The summed E-state index contributed by atoms with van der Waals surface area (Å²) in [6, 6.07) is 0. The molecule has 3 fully saturated rings. The van der Waals surface area contributed by atoms with E-state index in [1.165, 1.54) is 77.0 Å². The van der Waals surface area contributed by atoms with Crippen LogP contribution in [0.5, 0.6) is 0 Å². The Balaban J connectivity index is 1.32. The van der Waals surface area contributed by atoms with E-state index in [0.29, 0.717) is 17.9 Å². The molecule has 1 nitrogen and oxygen atoms in total. The van der Waals surface area contributed by atoms with E-state index in [1.807, 2.05) is 0 Å². The highest BCUT2D eigenvalue weighted by atomic mass is 19.2. The molecule has 0 aromatic heterocycles. The van der Waals surface area contributed by atoms with Crippen LogP contribution in [0.15, 0.2) is 0 Å². The first-order chi connectivity index (χ1) is 16.6. The van der Waals surface area contributed by atoms with Gasteiger partial charge in [0, 0.05) is 6.61 Å². The largest absolute Gasteiger partial charge is 0.378 e. The van der Waals surface area contributed by atoms with Gasteiger partial charge in [-0.3, -0.25) is 0 Å². The third-order valence-corrected chi connectivity index (χ3v) is 9.84. The highest BCUT2D eigenvalue weighted by molar-refractivity contribution is 4.95. The fourth-order valence-corrected chi connectivity index (χ4v) is 7.57. The molecule has 3 aliphatic rings. The molecule has 3 heteroatoms. The van der Waals surface area contributed by atoms with Crippen molar-refractivity contribution in [2.75, 3.05) is 6.61 Å². The molecular weight excluding hydrogens is 426 g/mol. The van der Waals surface area contributed by atoms with Crippen LogP contribution in [0.3, 0.4) is 0 Å². The molecule has 0 aliphatic heterocycles. The van der Waals surface area contributed by atoms with E-state index in [9.17, 15) is 0 Å². The zero-order valence-electron chi connectivity index (χ0n) is 22.6. The van der Waals surface area contributed by atoms with Crippen molar-refractivity contribution in [3.05, 3.63) is 0 Å². The Morgan fingerprint density at radius 3 is 1.65 bits per heavy atom. The summed E-state index contributed by atoms with van der Waals surface area (Å²) in [4.78, 5) is 0. The predicted octanol–water partition coefficient (Wildman–Crippen LogP) is 10.0. The lowest BCUT2D eigenvalue weighted by molar-refractivity contribution is -0.0487. The van der Waals surface area contributed by atoms with E-state index in [-0.39, 0.29) is 11.8 Å². The Hall–Kier alpha value is -0.180. The minimum absolute atomic E-state index is 0.0140. The molecule has 3 rings (SSSR count). The molecule has 4 unspecified atom stereocenters. The van der Waals surface area contributed by atoms with Crippen molar-refractivity contribution < 1.29 is 13.5 Å². The normalized spacial score (nSPS) is 37.1. The molecule has 0 N–H and O–H groups in total. The van der Waals surface area contributed by atoms with Crippen LogP contribution in [0.1, 0.15) is 142 Å². The SMILES string of the molecule is CCCCCCCCOC1CCC(C2CCC(C3CCC(CCCCC)CC3)C(F)C2F)CC1. The van der Waals surface area contributed by atoms with Crippen molar-refractivity contribution in [3.8, 4) is 0 Å². The van der Waals surface area contributed by atoms with Gasteiger partial charge in [0.2, 0.25) is 0 Å². The summed E-state index contributed by atoms with van der Waals surface area (Å²) in [5.41, 5.74) is 0. The molecule has 34 heavy (non-hydrogen) atoms. The van der Waals surface area contributed by atoms with E-state index in [1.54, 1.807) is 0 Å². The molecule has 0 radical (unpaired) electrons. The van der Waals surface area contributed by atoms with Gasteiger partial charge in [-0.1, -0.05) is 84.5 Å². The van der Waals surface area contributed by atoms with Crippen molar-refractivity contribution in [1.82, 2.24) is 0 Å². The van der Waals surface area contributed by atoms with E-state index in [0.717, 1.165) is 63.9 Å². The lowest BCUT2D eigenvalue weighted by Crippen LogP contribution is -2.45. The lowest BCUT2D eigenvalue weighted by Gasteiger charge is -2.44. The minimum Gasteiger partial charge on any atom is -0.378 e. The molecule has 3 saturated carbocycles. The quantitative estimate of drug-likeness (QED) is 0.224. The van der Waals surface area contributed by atoms with E-state index < -0.39 is 12.3 Å². The average Bonchev–Trinajstić information content (AvgIpc) is 2.86. The maximum atomic E-state index is 15.4.